The van der Waals surface area contributed by atoms with Gasteiger partial charge in [-0.15, -0.1) is 0 Å². The average Bonchev–Trinajstić information content (AvgIpc) is 2.13. The van der Waals surface area contributed by atoms with Crippen LogP contribution in [0, 0.1) is 6.92 Å². The Balaban J connectivity index is 0. The summed E-state index contributed by atoms with van der Waals surface area (Å²) < 4.78 is 0. The normalized spacial score (nSPS) is 6.64. The predicted molar refractivity (Wildman–Crippen MR) is 47.3 cm³/mol. The zero-order valence-electron chi connectivity index (χ0n) is 8.00. The maximum absolute atomic E-state index is 3.76. The van der Waals surface area contributed by atoms with Gasteiger partial charge in [-0.1, -0.05) is 27.7 Å². The molecule has 0 aliphatic carbocycles. The van der Waals surface area contributed by atoms with Gasteiger partial charge in [0.1, 0.15) is 18.5 Å². The van der Waals surface area contributed by atoms with E-state index in [1.54, 1.807) is 0 Å². The lowest BCUT2D eigenvalue weighted by Crippen LogP contribution is -1.84. The third-order valence-corrected chi connectivity index (χ3v) is 0.622. The summed E-state index contributed by atoms with van der Waals surface area (Å²) in [5.41, 5.74) is 0. The van der Waals surface area contributed by atoms with E-state index in [-0.39, 0.29) is 0 Å². The van der Waals surface area contributed by atoms with Crippen molar-refractivity contribution in [1.29, 1.82) is 0 Å². The third kappa shape index (κ3) is 9.01. The molecule has 0 aliphatic rings. The van der Waals surface area contributed by atoms with Crippen LogP contribution in [0.4, 0.5) is 0 Å². The number of hydrogen-bond donors (Lipinski definition) is 0. The highest BCUT2D eigenvalue weighted by Crippen LogP contribution is 1.74. The molecule has 0 unspecified atom stereocenters. The first-order valence-corrected chi connectivity index (χ1v) is 3.98. The summed E-state index contributed by atoms with van der Waals surface area (Å²) in [6.07, 6.45) is 2.95. The molecule has 3 heteroatoms. The van der Waals surface area contributed by atoms with E-state index >= 15 is 0 Å². The lowest BCUT2D eigenvalue weighted by atomic mass is 10.7. The Hall–Kier alpha value is -0.990. The number of aromatic nitrogens is 3. The summed E-state index contributed by atoms with van der Waals surface area (Å²) in [6, 6.07) is 0. The van der Waals surface area contributed by atoms with E-state index in [4.69, 9.17) is 0 Å². The van der Waals surface area contributed by atoms with Gasteiger partial charge in [0.05, 0.1) is 0 Å². The molecule has 0 spiro atoms. The summed E-state index contributed by atoms with van der Waals surface area (Å²) in [7, 11) is 0. The molecule has 1 aromatic heterocycles. The van der Waals surface area contributed by atoms with Crippen molar-refractivity contribution in [2.75, 3.05) is 0 Å². The fraction of sp³-hybridized carbons (Fsp3) is 0.625. The van der Waals surface area contributed by atoms with E-state index in [1.807, 2.05) is 34.6 Å². The summed E-state index contributed by atoms with van der Waals surface area (Å²) in [5.74, 6) is 0.759. The van der Waals surface area contributed by atoms with Crippen LogP contribution in [0.5, 0.6) is 0 Å². The first-order chi connectivity index (χ1) is 5.39. The first-order valence-electron chi connectivity index (χ1n) is 3.98. The number of hydrogen-bond acceptors (Lipinski definition) is 3. The molecule has 0 fully saturated rings. The minimum absolute atomic E-state index is 0.759. The average molecular weight is 155 g/mol. The van der Waals surface area contributed by atoms with Crippen molar-refractivity contribution in [2.24, 2.45) is 0 Å². The van der Waals surface area contributed by atoms with Gasteiger partial charge >= 0.3 is 0 Å². The van der Waals surface area contributed by atoms with E-state index in [9.17, 15) is 0 Å². The second-order valence-corrected chi connectivity index (χ2v) is 1.19. The molecular weight excluding hydrogens is 138 g/mol. The molecule has 0 atom stereocenters. The van der Waals surface area contributed by atoms with Crippen LogP contribution in [0.1, 0.15) is 33.5 Å². The van der Waals surface area contributed by atoms with Gasteiger partial charge in [-0.05, 0) is 6.92 Å². The maximum atomic E-state index is 3.76. The molecule has 64 valence electrons. The number of aryl methyl sites for hydroxylation is 1. The van der Waals surface area contributed by atoms with Crippen LogP contribution in [0.3, 0.4) is 0 Å². The van der Waals surface area contributed by atoms with Crippen LogP contribution in [-0.4, -0.2) is 15.0 Å². The minimum Gasteiger partial charge on any atom is -0.225 e. The van der Waals surface area contributed by atoms with Gasteiger partial charge in [-0.2, -0.15) is 0 Å². The second kappa shape index (κ2) is 11.8. The van der Waals surface area contributed by atoms with Crippen LogP contribution in [0.2, 0.25) is 0 Å². The van der Waals surface area contributed by atoms with Crippen molar-refractivity contribution in [3.05, 3.63) is 18.5 Å². The predicted octanol–water partition coefficient (Wildman–Crippen LogP) is 2.23. The zero-order valence-corrected chi connectivity index (χ0v) is 8.00. The molecule has 0 saturated carbocycles. The van der Waals surface area contributed by atoms with Crippen LogP contribution in [-0.2, 0) is 0 Å². The minimum atomic E-state index is 0.759. The van der Waals surface area contributed by atoms with Gasteiger partial charge in [-0.25, -0.2) is 15.0 Å². The van der Waals surface area contributed by atoms with Gasteiger partial charge in [0.2, 0.25) is 0 Å². The molecular formula is C8H17N3. The lowest BCUT2D eigenvalue weighted by Gasteiger charge is -1.80. The van der Waals surface area contributed by atoms with E-state index < -0.39 is 0 Å². The molecule has 0 N–H and O–H groups in total. The fourth-order valence-electron chi connectivity index (χ4n) is 0.297. The Morgan fingerprint density at radius 3 is 1.45 bits per heavy atom. The molecule has 0 amide bonds. The number of rotatable bonds is 0. The standard InChI is InChI=1S/C4H5N3.2C2H6/c1-4-6-2-5-3-7-4;2*1-2/h2-3H,1H3;2*1-2H3. The SMILES string of the molecule is CC.CC.Cc1ncncn1. The summed E-state index contributed by atoms with van der Waals surface area (Å²) in [6.45, 7) is 9.82. The summed E-state index contributed by atoms with van der Waals surface area (Å²) in [5, 5.41) is 0. The fourth-order valence-corrected chi connectivity index (χ4v) is 0.297. The van der Waals surface area contributed by atoms with Crippen molar-refractivity contribution >= 4 is 0 Å². The molecule has 1 heterocycles. The Labute approximate surface area is 68.9 Å². The molecule has 0 radical (unpaired) electrons. The van der Waals surface area contributed by atoms with Crippen LogP contribution in [0.15, 0.2) is 12.7 Å². The highest BCUT2D eigenvalue weighted by atomic mass is 15.0. The van der Waals surface area contributed by atoms with E-state index in [0.29, 0.717) is 0 Å². The van der Waals surface area contributed by atoms with Crippen LogP contribution in [0.25, 0.3) is 0 Å². The highest BCUT2D eigenvalue weighted by Gasteiger charge is 1.75. The Morgan fingerprint density at radius 1 is 0.909 bits per heavy atom. The van der Waals surface area contributed by atoms with Crippen molar-refractivity contribution in [2.45, 2.75) is 34.6 Å². The van der Waals surface area contributed by atoms with Crippen molar-refractivity contribution in [3.63, 3.8) is 0 Å². The van der Waals surface area contributed by atoms with Gasteiger partial charge < -0.3 is 0 Å². The van der Waals surface area contributed by atoms with Gasteiger partial charge in [0.15, 0.2) is 0 Å². The Bertz CT molecular complexity index is 139. The van der Waals surface area contributed by atoms with Crippen molar-refractivity contribution in [1.82, 2.24) is 15.0 Å². The topological polar surface area (TPSA) is 38.7 Å². The second-order valence-electron chi connectivity index (χ2n) is 1.19. The molecule has 3 nitrogen and oxygen atoms in total. The molecule has 0 aliphatic heterocycles. The lowest BCUT2D eigenvalue weighted by molar-refractivity contribution is 0.974. The maximum Gasteiger partial charge on any atom is 0.128 e. The first kappa shape index (κ1) is 12.7. The van der Waals surface area contributed by atoms with E-state index in [2.05, 4.69) is 15.0 Å². The molecule has 0 bridgehead atoms. The Kier molecular flexibility index (Phi) is 13.5. The van der Waals surface area contributed by atoms with E-state index in [1.165, 1.54) is 12.7 Å². The van der Waals surface area contributed by atoms with E-state index in [0.717, 1.165) is 5.82 Å². The smallest absolute Gasteiger partial charge is 0.128 e. The largest absolute Gasteiger partial charge is 0.225 e. The third-order valence-electron chi connectivity index (χ3n) is 0.622. The molecule has 1 rings (SSSR count). The quantitative estimate of drug-likeness (QED) is 0.576. The molecule has 0 saturated heterocycles. The van der Waals surface area contributed by atoms with Gasteiger partial charge in [0, 0.05) is 0 Å². The zero-order chi connectivity index (χ0) is 9.11. The summed E-state index contributed by atoms with van der Waals surface area (Å²) >= 11 is 0. The van der Waals surface area contributed by atoms with Crippen molar-refractivity contribution < 1.29 is 0 Å². The van der Waals surface area contributed by atoms with Gasteiger partial charge in [-0.3, -0.25) is 0 Å². The summed E-state index contributed by atoms with van der Waals surface area (Å²) in [4.78, 5) is 11.1. The van der Waals surface area contributed by atoms with Gasteiger partial charge in [0.25, 0.3) is 0 Å². The highest BCUT2D eigenvalue weighted by molar-refractivity contribution is 4.73. The van der Waals surface area contributed by atoms with Crippen LogP contribution < -0.4 is 0 Å². The Morgan fingerprint density at radius 2 is 1.27 bits per heavy atom. The number of nitrogens with zero attached hydrogens (tertiary/aromatic N) is 3. The van der Waals surface area contributed by atoms with Crippen LogP contribution >= 0.6 is 0 Å². The monoisotopic (exact) mass is 155 g/mol. The molecule has 1 aromatic rings. The molecule has 11 heavy (non-hydrogen) atoms. The van der Waals surface area contributed by atoms with Crippen molar-refractivity contribution in [3.8, 4) is 0 Å². The molecule has 0 aromatic carbocycles.